The van der Waals surface area contributed by atoms with Crippen LogP contribution in [0.1, 0.15) is 17.3 Å². The topological polar surface area (TPSA) is 89.3 Å². The highest BCUT2D eigenvalue weighted by Gasteiger charge is 2.51. The Kier molecular flexibility index (Phi) is 5.24. The van der Waals surface area contributed by atoms with Crippen molar-refractivity contribution in [3.63, 3.8) is 0 Å². The molecule has 10 heteroatoms. The molecule has 2 aliphatic rings. The molecule has 0 radical (unpaired) electrons. The van der Waals surface area contributed by atoms with Gasteiger partial charge in [0, 0.05) is 23.0 Å². The maximum absolute atomic E-state index is 13.6. The molecule has 2 fully saturated rings. The predicted molar refractivity (Wildman–Crippen MR) is 109 cm³/mol. The van der Waals surface area contributed by atoms with Crippen LogP contribution in [0, 0.1) is 11.3 Å². The molecule has 3 heterocycles. The second-order valence-electron chi connectivity index (χ2n) is 7.32. The van der Waals surface area contributed by atoms with Crippen LogP contribution in [0.5, 0.6) is 0 Å². The molecule has 0 unspecified atom stereocenters. The zero-order valence-corrected chi connectivity index (χ0v) is 17.0. The second kappa shape index (κ2) is 7.72. The van der Waals surface area contributed by atoms with Crippen LogP contribution in [0.2, 0.25) is 0 Å². The Morgan fingerprint density at radius 1 is 1.40 bits per heavy atom. The fraction of sp³-hybridized carbons (Fsp3) is 0.400. The molecule has 7 nitrogen and oxygen atoms in total. The first-order valence-electron chi connectivity index (χ1n) is 9.40. The number of nitrogens with zero attached hydrogens (tertiary/aromatic N) is 4. The van der Waals surface area contributed by atoms with Gasteiger partial charge in [-0.3, -0.25) is 14.6 Å². The van der Waals surface area contributed by atoms with Crippen molar-refractivity contribution >= 4 is 40.2 Å². The van der Waals surface area contributed by atoms with Gasteiger partial charge in [0.2, 0.25) is 5.91 Å². The summed E-state index contributed by atoms with van der Waals surface area (Å²) in [6, 6.07) is 7.27. The molecule has 1 aromatic carbocycles. The van der Waals surface area contributed by atoms with Gasteiger partial charge in [-0.15, -0.1) is 11.8 Å². The van der Waals surface area contributed by atoms with Gasteiger partial charge in [-0.25, -0.2) is 8.78 Å². The van der Waals surface area contributed by atoms with Crippen LogP contribution < -0.4 is 10.2 Å². The Labute approximate surface area is 176 Å². The molecule has 1 N–H and O–H groups in total. The number of anilines is 1. The third kappa shape index (κ3) is 3.54. The van der Waals surface area contributed by atoms with E-state index in [1.165, 1.54) is 35.8 Å². The molecule has 4 rings (SSSR count). The van der Waals surface area contributed by atoms with E-state index in [1.807, 2.05) is 0 Å². The summed E-state index contributed by atoms with van der Waals surface area (Å²) in [5, 5.41) is 12.2. The summed E-state index contributed by atoms with van der Waals surface area (Å²) in [6.45, 7) is 0.863. The third-order valence-electron chi connectivity index (χ3n) is 5.51. The van der Waals surface area contributed by atoms with Crippen molar-refractivity contribution in [3.05, 3.63) is 36.0 Å². The van der Waals surface area contributed by atoms with E-state index < -0.39 is 23.9 Å². The van der Waals surface area contributed by atoms with Crippen molar-refractivity contribution < 1.29 is 18.4 Å². The lowest BCUT2D eigenvalue weighted by Crippen LogP contribution is -2.63. The summed E-state index contributed by atoms with van der Waals surface area (Å²) < 4.78 is 27.1. The van der Waals surface area contributed by atoms with Crippen LogP contribution in [-0.4, -0.2) is 64.4 Å². The molecule has 2 aliphatic heterocycles. The van der Waals surface area contributed by atoms with Crippen LogP contribution >= 0.6 is 11.8 Å². The number of hydrogen-bond donors (Lipinski definition) is 1. The number of rotatable bonds is 4. The van der Waals surface area contributed by atoms with Gasteiger partial charge in [-0.1, -0.05) is 0 Å². The van der Waals surface area contributed by atoms with Gasteiger partial charge < -0.3 is 15.1 Å². The van der Waals surface area contributed by atoms with E-state index in [0.717, 1.165) is 0 Å². The van der Waals surface area contributed by atoms with Gasteiger partial charge in [0.05, 0.1) is 42.2 Å². The van der Waals surface area contributed by atoms with Crippen LogP contribution in [0.15, 0.2) is 30.5 Å². The number of amides is 2. The summed E-state index contributed by atoms with van der Waals surface area (Å²) in [4.78, 5) is 32.4. The summed E-state index contributed by atoms with van der Waals surface area (Å²) >= 11 is 1.49. The van der Waals surface area contributed by atoms with Crippen molar-refractivity contribution in [1.29, 1.82) is 5.26 Å². The van der Waals surface area contributed by atoms with E-state index in [-0.39, 0.29) is 19.0 Å². The first-order valence-corrected chi connectivity index (χ1v) is 10.6. The van der Waals surface area contributed by atoms with Gasteiger partial charge >= 0.3 is 0 Å². The van der Waals surface area contributed by atoms with E-state index in [4.69, 9.17) is 5.26 Å². The Bertz CT molecular complexity index is 1060. The lowest BCUT2D eigenvalue weighted by molar-refractivity contribution is -0.129. The van der Waals surface area contributed by atoms with Gasteiger partial charge in [0.15, 0.2) is 0 Å². The molecule has 0 aliphatic carbocycles. The molecule has 2 saturated heterocycles. The average Bonchev–Trinajstić information content (AvgIpc) is 3.23. The molecule has 2 atom stereocenters. The second-order valence-corrected chi connectivity index (χ2v) is 8.32. The Balaban J connectivity index is 1.52. The number of alkyl halides is 2. The fourth-order valence-corrected chi connectivity index (χ4v) is 4.69. The molecule has 156 valence electrons. The van der Waals surface area contributed by atoms with Gasteiger partial charge in [-0.2, -0.15) is 5.26 Å². The standard InChI is InChI=1S/C20H19F2N5O2S/c1-12-20(21,22)10-26(12)13-2-3-17-16(6-13)15(4-5-24-17)19(29)25-8-18(28)27-11-30-9-14(27)7-23/h2-6,12,14H,8-11H2,1H3,(H,25,29)/t12-,14-/m1/s1. The van der Waals surface area contributed by atoms with Crippen molar-refractivity contribution in [1.82, 2.24) is 15.2 Å². The fourth-order valence-electron chi connectivity index (χ4n) is 3.59. The number of benzene rings is 1. The molecule has 2 amide bonds. The highest BCUT2D eigenvalue weighted by Crippen LogP contribution is 2.39. The number of hydrogen-bond acceptors (Lipinski definition) is 6. The van der Waals surface area contributed by atoms with Crippen molar-refractivity contribution in [3.8, 4) is 6.07 Å². The largest absolute Gasteiger partial charge is 0.357 e. The SMILES string of the molecule is C[C@H]1N(c2ccc3nccc(C(=O)NCC(=O)N4CSC[C@H]4C#N)c3c2)CC1(F)F. The summed E-state index contributed by atoms with van der Waals surface area (Å²) in [7, 11) is 0. The molecule has 0 bridgehead atoms. The predicted octanol–water partition coefficient (Wildman–Crippen LogP) is 2.23. The van der Waals surface area contributed by atoms with Crippen molar-refractivity contribution in [2.75, 3.05) is 29.6 Å². The number of aromatic nitrogens is 1. The number of carbonyl (C=O) groups excluding carboxylic acids is 2. The molecule has 2 aromatic rings. The van der Waals surface area contributed by atoms with E-state index in [2.05, 4.69) is 16.4 Å². The summed E-state index contributed by atoms with van der Waals surface area (Å²) in [6.07, 6.45) is 1.49. The van der Waals surface area contributed by atoms with E-state index >= 15 is 0 Å². The number of halogens is 2. The maximum atomic E-state index is 13.6. The number of fused-ring (bicyclic) bond motifs is 1. The molecule has 1 aromatic heterocycles. The van der Waals surface area contributed by atoms with Crippen LogP contribution in [-0.2, 0) is 4.79 Å². The maximum Gasteiger partial charge on any atom is 0.284 e. The number of carbonyl (C=O) groups is 2. The zero-order chi connectivity index (χ0) is 21.5. The molecular formula is C20H19F2N5O2S. The minimum absolute atomic E-state index is 0.226. The summed E-state index contributed by atoms with van der Waals surface area (Å²) in [5.74, 6) is -2.54. The Morgan fingerprint density at radius 2 is 2.20 bits per heavy atom. The monoisotopic (exact) mass is 431 g/mol. The minimum Gasteiger partial charge on any atom is -0.357 e. The Hall–Kier alpha value is -2.93. The normalized spacial score (nSPS) is 22.5. The lowest BCUT2D eigenvalue weighted by Gasteiger charge is -2.47. The van der Waals surface area contributed by atoms with Crippen LogP contribution in [0.25, 0.3) is 10.9 Å². The third-order valence-corrected chi connectivity index (χ3v) is 6.53. The Morgan fingerprint density at radius 3 is 2.90 bits per heavy atom. The van der Waals surface area contributed by atoms with E-state index in [1.54, 1.807) is 23.1 Å². The van der Waals surface area contributed by atoms with Crippen molar-refractivity contribution in [2.24, 2.45) is 0 Å². The molecular weight excluding hydrogens is 412 g/mol. The number of thioether (sulfide) groups is 1. The van der Waals surface area contributed by atoms with E-state index in [9.17, 15) is 18.4 Å². The number of pyridine rings is 1. The quantitative estimate of drug-likeness (QED) is 0.799. The van der Waals surface area contributed by atoms with Crippen molar-refractivity contribution in [2.45, 2.75) is 24.9 Å². The molecule has 0 saturated carbocycles. The van der Waals surface area contributed by atoms with Gasteiger partial charge in [0.1, 0.15) is 6.04 Å². The molecule has 0 spiro atoms. The zero-order valence-electron chi connectivity index (χ0n) is 16.1. The van der Waals surface area contributed by atoms with Crippen LogP contribution in [0.3, 0.4) is 0 Å². The van der Waals surface area contributed by atoms with Crippen LogP contribution in [0.4, 0.5) is 14.5 Å². The number of nitriles is 1. The molecule has 30 heavy (non-hydrogen) atoms. The lowest BCUT2D eigenvalue weighted by atomic mass is 9.97. The highest BCUT2D eigenvalue weighted by molar-refractivity contribution is 7.99. The smallest absolute Gasteiger partial charge is 0.284 e. The van der Waals surface area contributed by atoms with Gasteiger partial charge in [-0.05, 0) is 31.2 Å². The van der Waals surface area contributed by atoms with E-state index in [0.29, 0.717) is 33.8 Å². The number of nitrogens with one attached hydrogen (secondary N) is 1. The summed E-state index contributed by atoms with van der Waals surface area (Å²) in [5.41, 5.74) is 1.45. The average molecular weight is 431 g/mol. The minimum atomic E-state index is -2.74. The highest BCUT2D eigenvalue weighted by atomic mass is 32.2. The first-order chi connectivity index (χ1) is 14.3. The first kappa shape index (κ1) is 20.3. The van der Waals surface area contributed by atoms with Gasteiger partial charge in [0.25, 0.3) is 11.8 Å².